The van der Waals surface area contributed by atoms with Gasteiger partial charge in [-0.15, -0.1) is 0 Å². The van der Waals surface area contributed by atoms with E-state index >= 15 is 0 Å². The lowest BCUT2D eigenvalue weighted by atomic mass is 10.1. The number of anilines is 2. The van der Waals surface area contributed by atoms with Gasteiger partial charge in [-0.05, 0) is 50.2 Å². The maximum Gasteiger partial charge on any atom is 0.0440 e. The molecule has 0 unspecified atom stereocenters. The average Bonchev–Trinajstić information content (AvgIpc) is 2.43. The summed E-state index contributed by atoms with van der Waals surface area (Å²) in [7, 11) is 1.98. The Morgan fingerprint density at radius 3 is 2.37 bits per heavy atom. The Labute approximate surface area is 116 Å². The Morgan fingerprint density at radius 1 is 1.05 bits per heavy atom. The minimum absolute atomic E-state index is 0.915. The first-order chi connectivity index (χ1) is 9.26. The molecule has 2 aromatic rings. The van der Waals surface area contributed by atoms with Crippen LogP contribution in [0.5, 0.6) is 0 Å². The largest absolute Gasteiger partial charge is 0.342 e. The highest BCUT2D eigenvalue weighted by atomic mass is 15.1. The Bertz CT molecular complexity index is 520. The van der Waals surface area contributed by atoms with Crippen molar-refractivity contribution < 1.29 is 0 Å². The molecule has 0 spiro atoms. The normalized spacial score (nSPS) is 10.5. The summed E-state index contributed by atoms with van der Waals surface area (Å²) in [5, 5.41) is 3.19. The lowest BCUT2D eigenvalue weighted by molar-refractivity contribution is 0.816. The van der Waals surface area contributed by atoms with Gasteiger partial charge in [-0.1, -0.05) is 30.3 Å². The van der Waals surface area contributed by atoms with Gasteiger partial charge in [0.05, 0.1) is 0 Å². The summed E-state index contributed by atoms with van der Waals surface area (Å²) in [5.41, 5.74) is 5.18. The summed E-state index contributed by atoms with van der Waals surface area (Å²) >= 11 is 0. The van der Waals surface area contributed by atoms with E-state index in [0.717, 1.165) is 13.1 Å². The molecule has 0 atom stereocenters. The Kier molecular flexibility index (Phi) is 4.58. The highest BCUT2D eigenvalue weighted by Gasteiger charge is 2.09. The van der Waals surface area contributed by atoms with Crippen LogP contribution in [0.2, 0.25) is 0 Å². The predicted molar refractivity (Wildman–Crippen MR) is 83.1 cm³/mol. The van der Waals surface area contributed by atoms with Crippen molar-refractivity contribution in [2.45, 2.75) is 20.4 Å². The minimum atomic E-state index is 0.915. The summed E-state index contributed by atoms with van der Waals surface area (Å²) in [4.78, 5) is 2.35. The van der Waals surface area contributed by atoms with Crippen LogP contribution in [-0.4, -0.2) is 13.6 Å². The molecule has 2 rings (SSSR count). The van der Waals surface area contributed by atoms with Gasteiger partial charge in [0.2, 0.25) is 0 Å². The fourth-order valence-corrected chi connectivity index (χ4v) is 2.43. The third-order valence-electron chi connectivity index (χ3n) is 3.32. The minimum Gasteiger partial charge on any atom is -0.342 e. The first-order valence-corrected chi connectivity index (χ1v) is 6.83. The summed E-state index contributed by atoms with van der Waals surface area (Å²) in [6, 6.07) is 17.2. The number of nitrogens with one attached hydrogen (secondary N) is 1. The zero-order valence-corrected chi connectivity index (χ0v) is 12.0. The summed E-state index contributed by atoms with van der Waals surface area (Å²) in [6.07, 6.45) is 0. The van der Waals surface area contributed by atoms with Crippen LogP contribution in [0.25, 0.3) is 0 Å². The van der Waals surface area contributed by atoms with Crippen molar-refractivity contribution in [1.29, 1.82) is 0 Å². The van der Waals surface area contributed by atoms with Crippen molar-refractivity contribution in [3.8, 4) is 0 Å². The second-order valence-electron chi connectivity index (χ2n) is 4.73. The van der Waals surface area contributed by atoms with Crippen molar-refractivity contribution in [2.75, 3.05) is 18.5 Å². The van der Waals surface area contributed by atoms with E-state index in [4.69, 9.17) is 0 Å². The molecule has 2 nitrogen and oxygen atoms in total. The molecule has 1 N–H and O–H groups in total. The van der Waals surface area contributed by atoms with E-state index in [9.17, 15) is 0 Å². The molecule has 100 valence electrons. The van der Waals surface area contributed by atoms with Gasteiger partial charge in [-0.3, -0.25) is 0 Å². The number of aryl methyl sites for hydroxylation is 1. The quantitative estimate of drug-likeness (QED) is 0.871. The molecule has 2 aromatic carbocycles. The lowest BCUT2D eigenvalue weighted by Crippen LogP contribution is -2.17. The summed E-state index contributed by atoms with van der Waals surface area (Å²) in [5.74, 6) is 0. The van der Waals surface area contributed by atoms with Gasteiger partial charge in [0, 0.05) is 24.5 Å². The van der Waals surface area contributed by atoms with Gasteiger partial charge in [0.1, 0.15) is 0 Å². The van der Waals surface area contributed by atoms with Crippen molar-refractivity contribution in [1.82, 2.24) is 5.32 Å². The maximum atomic E-state index is 3.19. The molecule has 0 aliphatic carbocycles. The van der Waals surface area contributed by atoms with E-state index < -0.39 is 0 Å². The van der Waals surface area contributed by atoms with Crippen LogP contribution in [0, 0.1) is 6.92 Å². The van der Waals surface area contributed by atoms with E-state index in [0.29, 0.717) is 0 Å². The fourth-order valence-electron chi connectivity index (χ4n) is 2.43. The van der Waals surface area contributed by atoms with Crippen molar-refractivity contribution in [2.24, 2.45) is 0 Å². The number of hydrogen-bond donors (Lipinski definition) is 1. The van der Waals surface area contributed by atoms with E-state index in [1.54, 1.807) is 0 Å². The highest BCUT2D eigenvalue weighted by Crippen LogP contribution is 2.28. The molecule has 0 bridgehead atoms. The monoisotopic (exact) mass is 254 g/mol. The maximum absolute atomic E-state index is 3.19. The van der Waals surface area contributed by atoms with Gasteiger partial charge in [-0.25, -0.2) is 0 Å². The van der Waals surface area contributed by atoms with Gasteiger partial charge in [0.25, 0.3) is 0 Å². The fraction of sp³-hybridized carbons (Fsp3) is 0.294. The van der Waals surface area contributed by atoms with Crippen LogP contribution in [-0.2, 0) is 6.54 Å². The van der Waals surface area contributed by atoms with E-state index in [2.05, 4.69) is 72.6 Å². The van der Waals surface area contributed by atoms with Crippen LogP contribution in [0.3, 0.4) is 0 Å². The number of hydrogen-bond acceptors (Lipinski definition) is 2. The van der Waals surface area contributed by atoms with Gasteiger partial charge < -0.3 is 10.2 Å². The molecule has 2 heteroatoms. The molecule has 0 amide bonds. The smallest absolute Gasteiger partial charge is 0.0440 e. The van der Waals surface area contributed by atoms with Crippen molar-refractivity contribution in [3.63, 3.8) is 0 Å². The predicted octanol–water partition coefficient (Wildman–Crippen LogP) is 3.87. The molecular weight excluding hydrogens is 232 g/mol. The molecule has 0 aromatic heterocycles. The van der Waals surface area contributed by atoms with Gasteiger partial charge in [-0.2, -0.15) is 0 Å². The van der Waals surface area contributed by atoms with Crippen molar-refractivity contribution in [3.05, 3.63) is 59.7 Å². The molecule has 0 aliphatic rings. The first kappa shape index (κ1) is 13.6. The number of rotatable bonds is 5. The molecule has 0 saturated carbocycles. The Balaban J connectivity index is 2.34. The van der Waals surface area contributed by atoms with E-state index in [1.165, 1.54) is 22.5 Å². The van der Waals surface area contributed by atoms with Crippen LogP contribution in [0.1, 0.15) is 18.1 Å². The number of nitrogens with zero attached hydrogens (tertiary/aromatic N) is 1. The zero-order valence-electron chi connectivity index (χ0n) is 12.0. The van der Waals surface area contributed by atoms with Gasteiger partial charge in [0.15, 0.2) is 0 Å². The summed E-state index contributed by atoms with van der Waals surface area (Å²) < 4.78 is 0. The number of benzene rings is 2. The van der Waals surface area contributed by atoms with E-state index in [-0.39, 0.29) is 0 Å². The molecule has 0 radical (unpaired) electrons. The van der Waals surface area contributed by atoms with Crippen molar-refractivity contribution >= 4 is 11.4 Å². The average molecular weight is 254 g/mol. The number of para-hydroxylation sites is 1. The second-order valence-corrected chi connectivity index (χ2v) is 4.73. The first-order valence-electron chi connectivity index (χ1n) is 6.83. The van der Waals surface area contributed by atoms with E-state index in [1.807, 2.05) is 7.05 Å². The molecule has 0 aliphatic heterocycles. The topological polar surface area (TPSA) is 15.3 Å². The molecule has 0 saturated heterocycles. The third-order valence-corrected chi connectivity index (χ3v) is 3.32. The van der Waals surface area contributed by atoms with Crippen LogP contribution < -0.4 is 10.2 Å². The lowest BCUT2D eigenvalue weighted by Gasteiger charge is -2.25. The van der Waals surface area contributed by atoms with Crippen LogP contribution in [0.15, 0.2) is 48.5 Å². The van der Waals surface area contributed by atoms with Crippen LogP contribution >= 0.6 is 0 Å². The molecular formula is C17H22N2. The molecule has 19 heavy (non-hydrogen) atoms. The molecule has 0 heterocycles. The van der Waals surface area contributed by atoms with Crippen LogP contribution in [0.4, 0.5) is 11.4 Å². The summed E-state index contributed by atoms with van der Waals surface area (Å²) in [6.45, 7) is 6.25. The standard InChI is InChI=1S/C17H22N2/c1-4-19(16-8-6-5-7-9-16)17-11-10-15(13-18-3)12-14(17)2/h5-12,18H,4,13H2,1-3H3. The molecule has 0 fully saturated rings. The van der Waals surface area contributed by atoms with Gasteiger partial charge >= 0.3 is 0 Å². The highest BCUT2D eigenvalue weighted by molar-refractivity contribution is 5.66. The third kappa shape index (κ3) is 3.15. The Hall–Kier alpha value is -1.80. The SMILES string of the molecule is CCN(c1ccccc1)c1ccc(CNC)cc1C. The zero-order chi connectivity index (χ0) is 13.7. The Morgan fingerprint density at radius 2 is 1.79 bits per heavy atom. The second kappa shape index (κ2) is 6.39.